The molecule has 1 amide bonds. The van der Waals surface area contributed by atoms with Crippen LogP contribution < -0.4 is 10.6 Å². The number of rotatable bonds is 6. The van der Waals surface area contributed by atoms with Gasteiger partial charge in [0.15, 0.2) is 0 Å². The van der Waals surface area contributed by atoms with E-state index in [2.05, 4.69) is 10.6 Å². The predicted octanol–water partition coefficient (Wildman–Crippen LogP) is 2.23. The first-order valence-corrected chi connectivity index (χ1v) is 7.75. The number of ether oxygens (including phenoxy) is 1. The van der Waals surface area contributed by atoms with Crippen molar-refractivity contribution in [2.24, 2.45) is 0 Å². The Morgan fingerprint density at radius 1 is 1.48 bits per heavy atom. The van der Waals surface area contributed by atoms with Gasteiger partial charge in [-0.25, -0.2) is 0 Å². The molecule has 0 aliphatic carbocycles. The Morgan fingerprint density at radius 3 is 2.81 bits per heavy atom. The fourth-order valence-electron chi connectivity index (χ4n) is 2.75. The van der Waals surface area contributed by atoms with E-state index in [1.807, 2.05) is 26.8 Å². The number of nitrogens with one attached hydrogen (secondary N) is 2. The van der Waals surface area contributed by atoms with Crippen LogP contribution in [0.1, 0.15) is 49.3 Å². The van der Waals surface area contributed by atoms with Crippen molar-refractivity contribution in [3.63, 3.8) is 0 Å². The molecule has 0 radical (unpaired) electrons. The molecule has 1 saturated heterocycles. The van der Waals surface area contributed by atoms with Gasteiger partial charge in [0.1, 0.15) is 11.5 Å². The molecule has 2 N–H and O–H groups in total. The largest absolute Gasteiger partial charge is 0.466 e. The molecule has 1 aliphatic rings. The van der Waals surface area contributed by atoms with Gasteiger partial charge in [-0.3, -0.25) is 4.79 Å². The molecule has 118 valence electrons. The van der Waals surface area contributed by atoms with Gasteiger partial charge in [-0.1, -0.05) is 0 Å². The second-order valence-corrected chi connectivity index (χ2v) is 5.73. The Morgan fingerprint density at radius 2 is 2.19 bits per heavy atom. The van der Waals surface area contributed by atoms with Crippen LogP contribution in [-0.2, 0) is 9.53 Å². The van der Waals surface area contributed by atoms with Gasteiger partial charge in [-0.2, -0.15) is 0 Å². The van der Waals surface area contributed by atoms with Gasteiger partial charge < -0.3 is 19.8 Å². The third kappa shape index (κ3) is 4.86. The van der Waals surface area contributed by atoms with Crippen LogP contribution in [0, 0.1) is 13.8 Å². The number of piperidine rings is 1. The van der Waals surface area contributed by atoms with E-state index in [9.17, 15) is 4.79 Å². The lowest BCUT2D eigenvalue weighted by atomic mass is 10.1. The molecule has 0 spiro atoms. The van der Waals surface area contributed by atoms with Crippen molar-refractivity contribution in [3.8, 4) is 0 Å². The molecule has 5 nitrogen and oxygen atoms in total. The third-order valence-electron chi connectivity index (χ3n) is 3.89. The smallest absolute Gasteiger partial charge is 0.222 e. The fraction of sp³-hybridized carbons (Fsp3) is 0.688. The average molecular weight is 294 g/mol. The molecule has 1 aromatic rings. The quantitative estimate of drug-likeness (QED) is 0.844. The molecule has 0 aromatic carbocycles. The van der Waals surface area contributed by atoms with E-state index < -0.39 is 0 Å². The molecular weight excluding hydrogens is 268 g/mol. The highest BCUT2D eigenvalue weighted by Crippen LogP contribution is 2.21. The number of hydrogen-bond donors (Lipinski definition) is 2. The van der Waals surface area contributed by atoms with Crippen LogP contribution >= 0.6 is 0 Å². The summed E-state index contributed by atoms with van der Waals surface area (Å²) in [5.41, 5.74) is 1.04. The number of furan rings is 1. The van der Waals surface area contributed by atoms with Gasteiger partial charge >= 0.3 is 0 Å². The molecule has 2 heterocycles. The van der Waals surface area contributed by atoms with Gasteiger partial charge in [0.2, 0.25) is 5.91 Å². The van der Waals surface area contributed by atoms with Gasteiger partial charge in [0.05, 0.1) is 18.8 Å². The Balaban J connectivity index is 1.70. The van der Waals surface area contributed by atoms with Gasteiger partial charge in [-0.15, -0.1) is 0 Å². The van der Waals surface area contributed by atoms with E-state index in [0.717, 1.165) is 43.0 Å². The maximum Gasteiger partial charge on any atom is 0.222 e. The third-order valence-corrected chi connectivity index (χ3v) is 3.89. The average Bonchev–Trinajstić information content (AvgIpc) is 2.79. The van der Waals surface area contributed by atoms with Crippen molar-refractivity contribution in [3.05, 3.63) is 23.2 Å². The number of carbonyl (C=O) groups excluding carboxylic acids is 1. The Hall–Kier alpha value is -1.33. The number of amides is 1. The first-order valence-electron chi connectivity index (χ1n) is 7.75. The highest BCUT2D eigenvalue weighted by Gasteiger charge is 2.16. The van der Waals surface area contributed by atoms with Crippen LogP contribution in [0.25, 0.3) is 0 Å². The maximum atomic E-state index is 12.0. The summed E-state index contributed by atoms with van der Waals surface area (Å²) in [7, 11) is 0. The number of carbonyl (C=O) groups is 1. The molecule has 1 fully saturated rings. The first kappa shape index (κ1) is 16.0. The molecule has 1 aromatic heterocycles. The zero-order valence-electron chi connectivity index (χ0n) is 13.2. The van der Waals surface area contributed by atoms with Crippen LogP contribution in [0.15, 0.2) is 10.5 Å². The minimum atomic E-state index is -0.0335. The van der Waals surface area contributed by atoms with E-state index in [0.29, 0.717) is 19.1 Å². The second-order valence-electron chi connectivity index (χ2n) is 5.73. The molecule has 1 aliphatic heterocycles. The monoisotopic (exact) mass is 294 g/mol. The molecule has 0 bridgehead atoms. The zero-order valence-corrected chi connectivity index (χ0v) is 13.2. The van der Waals surface area contributed by atoms with Crippen LogP contribution in [0.5, 0.6) is 0 Å². The lowest BCUT2D eigenvalue weighted by Gasteiger charge is -2.23. The van der Waals surface area contributed by atoms with Crippen molar-refractivity contribution in [2.45, 2.75) is 52.2 Å². The first-order chi connectivity index (χ1) is 10.1. The normalized spacial score (nSPS) is 17.7. The van der Waals surface area contributed by atoms with Crippen molar-refractivity contribution >= 4 is 5.91 Å². The van der Waals surface area contributed by atoms with Crippen LogP contribution in [0.3, 0.4) is 0 Å². The summed E-state index contributed by atoms with van der Waals surface area (Å²) in [5, 5.41) is 6.29. The van der Waals surface area contributed by atoms with Crippen LogP contribution in [-0.4, -0.2) is 31.7 Å². The molecule has 21 heavy (non-hydrogen) atoms. The van der Waals surface area contributed by atoms with E-state index in [-0.39, 0.29) is 11.9 Å². The maximum absolute atomic E-state index is 12.0. The Bertz CT molecular complexity index is 464. The predicted molar refractivity (Wildman–Crippen MR) is 81.2 cm³/mol. The molecule has 5 heteroatoms. The summed E-state index contributed by atoms with van der Waals surface area (Å²) >= 11 is 0. The molecule has 1 atom stereocenters. The number of aryl methyl sites for hydroxylation is 2. The van der Waals surface area contributed by atoms with E-state index in [4.69, 9.17) is 9.15 Å². The fourth-order valence-corrected chi connectivity index (χ4v) is 2.75. The summed E-state index contributed by atoms with van der Waals surface area (Å²) in [6, 6.07) is 1.94. The molecule has 2 rings (SSSR count). The molecule has 0 saturated carbocycles. The van der Waals surface area contributed by atoms with Crippen molar-refractivity contribution in [1.82, 2.24) is 10.6 Å². The van der Waals surface area contributed by atoms with Gasteiger partial charge in [0, 0.05) is 12.0 Å². The summed E-state index contributed by atoms with van der Waals surface area (Å²) in [6.45, 7) is 8.32. The molecular formula is C16H26N2O3. The summed E-state index contributed by atoms with van der Waals surface area (Å²) in [4.78, 5) is 12.0. The summed E-state index contributed by atoms with van der Waals surface area (Å²) in [5.74, 6) is 1.76. The summed E-state index contributed by atoms with van der Waals surface area (Å²) < 4.78 is 11.2. The van der Waals surface area contributed by atoms with E-state index in [1.54, 1.807) is 0 Å². The summed E-state index contributed by atoms with van der Waals surface area (Å²) in [6.07, 6.45) is 2.77. The lowest BCUT2D eigenvalue weighted by molar-refractivity contribution is -0.123. The topological polar surface area (TPSA) is 63.5 Å². The SMILES string of the molecule is Cc1cc(C(C)NC(=O)CCOC2CCNCC2)c(C)o1. The minimum absolute atomic E-state index is 0.0229. The van der Waals surface area contributed by atoms with Crippen molar-refractivity contribution < 1.29 is 13.9 Å². The zero-order chi connectivity index (χ0) is 15.2. The highest BCUT2D eigenvalue weighted by molar-refractivity contribution is 5.76. The lowest BCUT2D eigenvalue weighted by Crippen LogP contribution is -2.33. The van der Waals surface area contributed by atoms with E-state index >= 15 is 0 Å². The molecule has 1 unspecified atom stereocenters. The van der Waals surface area contributed by atoms with E-state index in [1.165, 1.54) is 0 Å². The highest BCUT2D eigenvalue weighted by atomic mass is 16.5. The second kappa shape index (κ2) is 7.61. The minimum Gasteiger partial charge on any atom is -0.466 e. The van der Waals surface area contributed by atoms with Crippen molar-refractivity contribution in [2.75, 3.05) is 19.7 Å². The van der Waals surface area contributed by atoms with Gasteiger partial charge in [0.25, 0.3) is 0 Å². The van der Waals surface area contributed by atoms with Crippen LogP contribution in [0.2, 0.25) is 0 Å². The Labute approximate surface area is 126 Å². The van der Waals surface area contributed by atoms with Crippen molar-refractivity contribution in [1.29, 1.82) is 0 Å². The Kier molecular flexibility index (Phi) is 5.82. The van der Waals surface area contributed by atoms with Gasteiger partial charge in [-0.05, 0) is 52.8 Å². The van der Waals surface area contributed by atoms with Crippen LogP contribution in [0.4, 0.5) is 0 Å². The number of hydrogen-bond acceptors (Lipinski definition) is 4. The standard InChI is InChI=1S/C16H26N2O3/c1-11-10-15(13(3)21-11)12(2)18-16(19)6-9-20-14-4-7-17-8-5-14/h10,12,14,17H,4-9H2,1-3H3,(H,18,19).